The number of carbonyl (C=O) groups is 1. The number of ether oxygens (including phenoxy) is 1. The van der Waals surface area contributed by atoms with Gasteiger partial charge in [0.25, 0.3) is 0 Å². The normalized spacial score (nSPS) is 18.4. The van der Waals surface area contributed by atoms with E-state index in [1.165, 1.54) is 16.4 Å². The summed E-state index contributed by atoms with van der Waals surface area (Å²) in [7, 11) is -2.39. The van der Waals surface area contributed by atoms with Crippen molar-refractivity contribution in [3.63, 3.8) is 0 Å². The summed E-state index contributed by atoms with van der Waals surface area (Å²) in [5.41, 5.74) is 3.50. The van der Waals surface area contributed by atoms with E-state index in [1.54, 1.807) is 48.4 Å². The lowest BCUT2D eigenvalue weighted by atomic mass is 9.95. The molecule has 8 heteroatoms. The summed E-state index contributed by atoms with van der Waals surface area (Å²) in [4.78, 5) is 16.7. The number of halogens is 1. The summed E-state index contributed by atoms with van der Waals surface area (Å²) in [5.74, 6) is 0.0551. The lowest BCUT2D eigenvalue weighted by Gasteiger charge is -2.41. The van der Waals surface area contributed by atoms with Crippen LogP contribution in [0.1, 0.15) is 41.1 Å². The van der Waals surface area contributed by atoms with Crippen LogP contribution in [0.4, 0.5) is 4.39 Å². The molecular formula is C34H35FN2O4S. The van der Waals surface area contributed by atoms with Crippen LogP contribution in [0.2, 0.25) is 0 Å². The minimum atomic E-state index is -3.99. The molecule has 0 saturated carbocycles. The zero-order chi connectivity index (χ0) is 29.7. The zero-order valence-corrected chi connectivity index (χ0v) is 24.6. The van der Waals surface area contributed by atoms with Crippen molar-refractivity contribution in [2.24, 2.45) is 0 Å². The molecule has 1 aliphatic rings. The molecule has 42 heavy (non-hydrogen) atoms. The molecule has 1 saturated heterocycles. The van der Waals surface area contributed by atoms with E-state index < -0.39 is 16.1 Å². The molecule has 0 N–H and O–H groups in total. The number of carbonyl (C=O) groups excluding carboxylic acids is 1. The molecule has 6 nitrogen and oxygen atoms in total. The van der Waals surface area contributed by atoms with Crippen molar-refractivity contribution in [2.75, 3.05) is 13.7 Å². The molecule has 2 atom stereocenters. The Morgan fingerprint density at radius 1 is 0.857 bits per heavy atom. The highest BCUT2D eigenvalue weighted by atomic mass is 32.2. The van der Waals surface area contributed by atoms with Gasteiger partial charge in [-0.25, -0.2) is 12.8 Å². The molecule has 0 aliphatic carbocycles. The summed E-state index contributed by atoms with van der Waals surface area (Å²) in [5, 5.41) is 0. The Balaban J connectivity index is 1.60. The topological polar surface area (TPSA) is 66.9 Å². The molecule has 0 aromatic heterocycles. The van der Waals surface area contributed by atoms with Crippen LogP contribution in [0.15, 0.2) is 108 Å². The van der Waals surface area contributed by atoms with E-state index >= 15 is 0 Å². The molecule has 1 aliphatic heterocycles. The van der Waals surface area contributed by atoms with Gasteiger partial charge in [-0.15, -0.1) is 0 Å². The van der Waals surface area contributed by atoms with E-state index in [0.717, 1.165) is 22.3 Å². The summed E-state index contributed by atoms with van der Waals surface area (Å²) >= 11 is 0. The summed E-state index contributed by atoms with van der Waals surface area (Å²) in [6.45, 7) is 2.32. The van der Waals surface area contributed by atoms with Gasteiger partial charge >= 0.3 is 0 Å². The van der Waals surface area contributed by atoms with Crippen LogP contribution in [0.3, 0.4) is 0 Å². The van der Waals surface area contributed by atoms with Gasteiger partial charge in [0.1, 0.15) is 17.6 Å². The smallest absolute Gasteiger partial charge is 0.243 e. The maximum absolute atomic E-state index is 14.7. The Morgan fingerprint density at radius 2 is 1.52 bits per heavy atom. The molecule has 4 aromatic carbocycles. The van der Waals surface area contributed by atoms with Gasteiger partial charge in [-0.05, 0) is 79.3 Å². The standard InChI is InChI=1S/C34H35FN2O4S/c1-25-10-20-31(21-11-25)42(39,40)37-22-6-9-32(28-14-18-30(41-2)19-15-28)36(24-27-12-16-29(35)17-13-27)34(38)33(37)23-26-7-4-3-5-8-26/h3-5,7-8,10-21,32-33H,6,9,22-24H2,1-2H3/t32-,33-/m1/s1. The Hall–Kier alpha value is -4.01. The second-order valence-corrected chi connectivity index (χ2v) is 12.5. The van der Waals surface area contributed by atoms with E-state index in [-0.39, 0.29) is 42.2 Å². The van der Waals surface area contributed by atoms with Gasteiger partial charge in [-0.2, -0.15) is 4.31 Å². The van der Waals surface area contributed by atoms with Gasteiger partial charge in [0.15, 0.2) is 0 Å². The molecule has 0 radical (unpaired) electrons. The largest absolute Gasteiger partial charge is 0.497 e. The monoisotopic (exact) mass is 586 g/mol. The highest BCUT2D eigenvalue weighted by Gasteiger charge is 2.41. The van der Waals surface area contributed by atoms with Crippen LogP contribution >= 0.6 is 0 Å². The van der Waals surface area contributed by atoms with Crippen molar-refractivity contribution >= 4 is 15.9 Å². The number of methoxy groups -OCH3 is 1. The third kappa shape index (κ3) is 6.55. The predicted octanol–water partition coefficient (Wildman–Crippen LogP) is 6.31. The SMILES string of the molecule is COc1ccc([C@H]2CCCN(S(=O)(=O)c3ccc(C)cc3)[C@H](Cc3ccccc3)C(=O)N2Cc2ccc(F)cc2)cc1. The first kappa shape index (κ1) is 29.5. The van der Waals surface area contributed by atoms with Gasteiger partial charge in [0, 0.05) is 13.1 Å². The highest BCUT2D eigenvalue weighted by Crippen LogP contribution is 2.34. The van der Waals surface area contributed by atoms with Gasteiger partial charge in [0.2, 0.25) is 15.9 Å². The zero-order valence-electron chi connectivity index (χ0n) is 23.8. The molecule has 1 heterocycles. The first-order chi connectivity index (χ1) is 20.3. The number of nitrogens with zero attached hydrogens (tertiary/aromatic N) is 2. The molecule has 5 rings (SSSR count). The Kier molecular flexibility index (Phi) is 9.04. The van der Waals surface area contributed by atoms with Crippen molar-refractivity contribution in [1.82, 2.24) is 9.21 Å². The molecule has 1 fully saturated rings. The minimum Gasteiger partial charge on any atom is -0.497 e. The Bertz CT molecular complexity index is 1590. The van der Waals surface area contributed by atoms with E-state index in [2.05, 4.69) is 0 Å². The average Bonchev–Trinajstić information content (AvgIpc) is 3.00. The van der Waals surface area contributed by atoms with Crippen LogP contribution in [0, 0.1) is 12.7 Å². The number of rotatable bonds is 8. The number of aryl methyl sites for hydroxylation is 1. The van der Waals surface area contributed by atoms with Crippen LogP contribution in [0.5, 0.6) is 5.75 Å². The van der Waals surface area contributed by atoms with E-state index in [0.29, 0.717) is 18.6 Å². The second kappa shape index (κ2) is 12.9. The van der Waals surface area contributed by atoms with E-state index in [1.807, 2.05) is 61.5 Å². The number of hydrogen-bond acceptors (Lipinski definition) is 4. The third-order valence-corrected chi connectivity index (χ3v) is 9.74. The molecular weight excluding hydrogens is 551 g/mol. The Labute approximate surface area is 247 Å². The van der Waals surface area contributed by atoms with Crippen LogP contribution < -0.4 is 4.74 Å². The molecule has 218 valence electrons. The number of amides is 1. The first-order valence-corrected chi connectivity index (χ1v) is 15.5. The molecule has 0 spiro atoms. The van der Waals surface area contributed by atoms with E-state index in [9.17, 15) is 17.6 Å². The van der Waals surface area contributed by atoms with Gasteiger partial charge in [-0.1, -0.05) is 72.3 Å². The van der Waals surface area contributed by atoms with Gasteiger partial charge in [0.05, 0.1) is 18.0 Å². The van der Waals surface area contributed by atoms with Crippen molar-refractivity contribution in [3.05, 3.63) is 131 Å². The van der Waals surface area contributed by atoms with Crippen molar-refractivity contribution < 1.29 is 22.3 Å². The average molecular weight is 587 g/mol. The first-order valence-electron chi connectivity index (χ1n) is 14.1. The van der Waals surface area contributed by atoms with E-state index in [4.69, 9.17) is 4.74 Å². The quantitative estimate of drug-likeness (QED) is 0.243. The van der Waals surface area contributed by atoms with Crippen LogP contribution in [-0.2, 0) is 27.8 Å². The van der Waals surface area contributed by atoms with Crippen molar-refractivity contribution in [2.45, 2.75) is 49.7 Å². The maximum atomic E-state index is 14.7. The number of hydrogen-bond donors (Lipinski definition) is 0. The predicted molar refractivity (Wildman–Crippen MR) is 161 cm³/mol. The Morgan fingerprint density at radius 3 is 2.17 bits per heavy atom. The molecule has 0 bridgehead atoms. The fourth-order valence-electron chi connectivity index (χ4n) is 5.53. The molecule has 1 amide bonds. The van der Waals surface area contributed by atoms with Gasteiger partial charge in [-0.3, -0.25) is 4.79 Å². The van der Waals surface area contributed by atoms with Crippen LogP contribution in [-0.4, -0.2) is 43.2 Å². The minimum absolute atomic E-state index is 0.163. The third-order valence-electron chi connectivity index (χ3n) is 7.81. The fourth-order valence-corrected chi connectivity index (χ4v) is 7.15. The van der Waals surface area contributed by atoms with Crippen molar-refractivity contribution in [3.8, 4) is 5.75 Å². The van der Waals surface area contributed by atoms with Crippen molar-refractivity contribution in [1.29, 1.82) is 0 Å². The van der Waals surface area contributed by atoms with Gasteiger partial charge < -0.3 is 9.64 Å². The fraction of sp³-hybridized carbons (Fsp3) is 0.265. The molecule has 0 unspecified atom stereocenters. The summed E-state index contributed by atoms with van der Waals surface area (Å²) in [6.07, 6.45) is 1.32. The van der Waals surface area contributed by atoms with Crippen LogP contribution in [0.25, 0.3) is 0 Å². The lowest BCUT2D eigenvalue weighted by Crippen LogP contribution is -2.54. The number of benzene rings is 4. The second-order valence-electron chi connectivity index (χ2n) is 10.7. The lowest BCUT2D eigenvalue weighted by molar-refractivity contribution is -0.140. The maximum Gasteiger partial charge on any atom is 0.243 e. The number of sulfonamides is 1. The molecule has 4 aromatic rings. The summed E-state index contributed by atoms with van der Waals surface area (Å²) < 4.78 is 48.8. The summed E-state index contributed by atoms with van der Waals surface area (Å²) in [6, 6.07) is 28.7. The highest BCUT2D eigenvalue weighted by molar-refractivity contribution is 7.89.